The van der Waals surface area contributed by atoms with Crippen LogP contribution in [0.25, 0.3) is 0 Å². The van der Waals surface area contributed by atoms with Gasteiger partial charge in [-0.2, -0.15) is 0 Å². The van der Waals surface area contributed by atoms with Gasteiger partial charge in [0.15, 0.2) is 0 Å². The molecule has 2 aromatic carbocycles. The van der Waals surface area contributed by atoms with Crippen LogP contribution in [0.2, 0.25) is 0 Å². The van der Waals surface area contributed by atoms with Crippen LogP contribution in [0.4, 0.5) is 0 Å². The molecule has 2 aliphatic rings. The summed E-state index contributed by atoms with van der Waals surface area (Å²) in [5, 5.41) is 6.46. The van der Waals surface area contributed by atoms with Crippen LogP contribution in [0.1, 0.15) is 78.5 Å². The van der Waals surface area contributed by atoms with E-state index in [9.17, 15) is 9.59 Å². The predicted octanol–water partition coefficient (Wildman–Crippen LogP) is 6.88. The van der Waals surface area contributed by atoms with Crippen molar-refractivity contribution in [1.82, 2.24) is 10.6 Å². The molecule has 0 unspecified atom stereocenters. The third kappa shape index (κ3) is 6.69. The quantitative estimate of drug-likeness (QED) is 0.394. The van der Waals surface area contributed by atoms with Crippen LogP contribution >= 0.6 is 31.9 Å². The summed E-state index contributed by atoms with van der Waals surface area (Å²) in [7, 11) is 0. The maximum Gasteiger partial charge on any atom is 0.252 e. The number of carbonyl (C=O) groups is 2. The molecule has 176 valence electrons. The Balaban J connectivity index is 1.16. The number of nitrogens with one attached hydrogen (secondary N) is 2. The van der Waals surface area contributed by atoms with E-state index in [2.05, 4.69) is 42.5 Å². The molecular weight excluding hydrogens is 544 g/mol. The predicted molar refractivity (Wildman–Crippen MR) is 139 cm³/mol. The Hall–Kier alpha value is -1.66. The van der Waals surface area contributed by atoms with Crippen molar-refractivity contribution >= 4 is 43.7 Å². The molecule has 0 bridgehead atoms. The topological polar surface area (TPSA) is 58.2 Å². The second kappa shape index (κ2) is 11.7. The minimum atomic E-state index is 0.0221. The van der Waals surface area contributed by atoms with Gasteiger partial charge in [0.05, 0.1) is 11.1 Å². The van der Waals surface area contributed by atoms with E-state index >= 15 is 0 Å². The van der Waals surface area contributed by atoms with Crippen molar-refractivity contribution < 1.29 is 9.59 Å². The van der Waals surface area contributed by atoms with Crippen LogP contribution in [0.3, 0.4) is 0 Å². The molecule has 2 fully saturated rings. The molecule has 0 spiro atoms. The Kier molecular flexibility index (Phi) is 8.64. The molecule has 0 aromatic heterocycles. The summed E-state index contributed by atoms with van der Waals surface area (Å²) >= 11 is 6.95. The summed E-state index contributed by atoms with van der Waals surface area (Å²) in [6.45, 7) is 0. The molecule has 2 aromatic rings. The average Bonchev–Trinajstić information content (AvgIpc) is 2.82. The minimum Gasteiger partial charge on any atom is -0.349 e. The average molecular weight is 576 g/mol. The summed E-state index contributed by atoms with van der Waals surface area (Å²) in [4.78, 5) is 25.1. The molecule has 2 amide bonds. The molecule has 4 rings (SSSR count). The highest BCUT2D eigenvalue weighted by Crippen LogP contribution is 2.35. The third-order valence-corrected chi connectivity index (χ3v) is 8.65. The monoisotopic (exact) mass is 574 g/mol. The fraction of sp³-hybridized carbons (Fsp3) is 0.481. The van der Waals surface area contributed by atoms with Gasteiger partial charge in [0.2, 0.25) is 0 Å². The molecule has 2 saturated carbocycles. The van der Waals surface area contributed by atoms with E-state index in [1.807, 2.05) is 48.5 Å². The number of hydrogen-bond donors (Lipinski definition) is 2. The van der Waals surface area contributed by atoms with Crippen LogP contribution in [-0.4, -0.2) is 23.9 Å². The fourth-order valence-corrected chi connectivity index (χ4v) is 6.30. The third-order valence-electron chi connectivity index (χ3n) is 7.27. The number of halogens is 2. The first kappa shape index (κ1) is 24.5. The van der Waals surface area contributed by atoms with Gasteiger partial charge >= 0.3 is 0 Å². The standard InChI is InChI=1S/C27H32Br2N2O2/c28-24-7-3-1-5-22(24)26(32)30-20-13-9-18(10-14-20)17-19-11-15-21(16-12-19)31-27(33)23-6-2-4-8-25(23)29/h1-8,18-21H,9-17H2,(H,30,32)(H,31,33). The smallest absolute Gasteiger partial charge is 0.252 e. The maximum absolute atomic E-state index is 12.6. The zero-order valence-electron chi connectivity index (χ0n) is 18.9. The van der Waals surface area contributed by atoms with Gasteiger partial charge in [0.1, 0.15) is 0 Å². The van der Waals surface area contributed by atoms with Gasteiger partial charge in [-0.3, -0.25) is 9.59 Å². The molecule has 0 radical (unpaired) electrons. The summed E-state index contributed by atoms with van der Waals surface area (Å²) < 4.78 is 1.69. The zero-order valence-corrected chi connectivity index (χ0v) is 22.0. The highest BCUT2D eigenvalue weighted by molar-refractivity contribution is 9.10. The largest absolute Gasteiger partial charge is 0.349 e. The number of carbonyl (C=O) groups excluding carboxylic acids is 2. The van der Waals surface area contributed by atoms with E-state index in [1.165, 1.54) is 32.1 Å². The zero-order chi connectivity index (χ0) is 23.2. The molecule has 2 N–H and O–H groups in total. The lowest BCUT2D eigenvalue weighted by atomic mass is 9.75. The first-order chi connectivity index (χ1) is 16.0. The molecule has 0 heterocycles. The van der Waals surface area contributed by atoms with Crippen LogP contribution in [-0.2, 0) is 0 Å². The summed E-state index contributed by atoms with van der Waals surface area (Å²) in [5.74, 6) is 1.57. The summed E-state index contributed by atoms with van der Waals surface area (Å²) in [6.07, 6.45) is 10.3. The lowest BCUT2D eigenvalue weighted by molar-refractivity contribution is 0.0917. The van der Waals surface area contributed by atoms with Gasteiger partial charge in [0, 0.05) is 21.0 Å². The van der Waals surface area contributed by atoms with Gasteiger partial charge in [-0.05, 0) is 126 Å². The van der Waals surface area contributed by atoms with Crippen molar-refractivity contribution in [2.75, 3.05) is 0 Å². The lowest BCUT2D eigenvalue weighted by Gasteiger charge is -2.34. The van der Waals surface area contributed by atoms with Crippen molar-refractivity contribution in [3.05, 3.63) is 68.6 Å². The van der Waals surface area contributed by atoms with Crippen molar-refractivity contribution in [2.24, 2.45) is 11.8 Å². The minimum absolute atomic E-state index is 0.0221. The molecular formula is C27H32Br2N2O2. The Labute approximate surface area is 213 Å². The van der Waals surface area contributed by atoms with Crippen LogP contribution in [0.15, 0.2) is 57.5 Å². The fourth-order valence-electron chi connectivity index (χ4n) is 5.37. The van der Waals surface area contributed by atoms with Crippen LogP contribution in [0.5, 0.6) is 0 Å². The van der Waals surface area contributed by atoms with Crippen molar-refractivity contribution in [1.29, 1.82) is 0 Å². The Morgan fingerprint density at radius 2 is 1.00 bits per heavy atom. The summed E-state index contributed by atoms with van der Waals surface area (Å²) in [5.41, 5.74) is 1.42. The molecule has 2 aliphatic carbocycles. The van der Waals surface area contributed by atoms with Crippen LogP contribution < -0.4 is 10.6 Å². The molecule has 6 heteroatoms. The summed E-state index contributed by atoms with van der Waals surface area (Å²) in [6, 6.07) is 15.8. The van der Waals surface area contributed by atoms with Gasteiger partial charge in [-0.15, -0.1) is 0 Å². The molecule has 0 atom stereocenters. The highest BCUT2D eigenvalue weighted by atomic mass is 79.9. The second-order valence-electron chi connectivity index (χ2n) is 9.58. The number of benzene rings is 2. The van der Waals surface area contributed by atoms with Crippen LogP contribution in [0, 0.1) is 11.8 Å². The Morgan fingerprint density at radius 1 is 0.636 bits per heavy atom. The molecule has 33 heavy (non-hydrogen) atoms. The first-order valence-electron chi connectivity index (χ1n) is 12.1. The van der Waals surface area contributed by atoms with Gasteiger partial charge in [-0.1, -0.05) is 24.3 Å². The van der Waals surface area contributed by atoms with Gasteiger partial charge in [0.25, 0.3) is 11.8 Å². The Morgan fingerprint density at radius 3 is 1.36 bits per heavy atom. The number of amides is 2. The second-order valence-corrected chi connectivity index (χ2v) is 11.3. The Bertz CT molecular complexity index is 887. The van der Waals surface area contributed by atoms with Crippen molar-refractivity contribution in [2.45, 2.75) is 69.9 Å². The molecule has 0 saturated heterocycles. The first-order valence-corrected chi connectivity index (χ1v) is 13.7. The van der Waals surface area contributed by atoms with E-state index in [4.69, 9.17) is 0 Å². The van der Waals surface area contributed by atoms with E-state index in [-0.39, 0.29) is 23.9 Å². The number of rotatable bonds is 6. The SMILES string of the molecule is O=C(NC1CCC(CC2CCC(NC(=O)c3ccccc3Br)CC2)CC1)c1ccccc1Br. The highest BCUT2D eigenvalue weighted by Gasteiger charge is 2.28. The lowest BCUT2D eigenvalue weighted by Crippen LogP contribution is -2.39. The van der Waals surface area contributed by atoms with E-state index < -0.39 is 0 Å². The molecule has 0 aliphatic heterocycles. The molecule has 4 nitrogen and oxygen atoms in total. The maximum atomic E-state index is 12.6. The normalized spacial score (nSPS) is 25.3. The van der Waals surface area contributed by atoms with E-state index in [1.54, 1.807) is 0 Å². The van der Waals surface area contributed by atoms with Gasteiger partial charge in [-0.25, -0.2) is 0 Å². The van der Waals surface area contributed by atoms with E-state index in [0.29, 0.717) is 11.1 Å². The van der Waals surface area contributed by atoms with Crippen molar-refractivity contribution in [3.8, 4) is 0 Å². The van der Waals surface area contributed by atoms with E-state index in [0.717, 1.165) is 46.5 Å². The number of hydrogen-bond acceptors (Lipinski definition) is 2. The van der Waals surface area contributed by atoms with Gasteiger partial charge < -0.3 is 10.6 Å². The van der Waals surface area contributed by atoms with Crippen molar-refractivity contribution in [3.63, 3.8) is 0 Å².